The highest BCUT2D eigenvalue weighted by Gasteiger charge is 2.13. The van der Waals surface area contributed by atoms with Gasteiger partial charge in [0.05, 0.1) is 12.1 Å². The molecule has 4 nitrogen and oxygen atoms in total. The van der Waals surface area contributed by atoms with E-state index in [-0.39, 0.29) is 0 Å². The molecule has 0 fully saturated rings. The summed E-state index contributed by atoms with van der Waals surface area (Å²) in [5, 5.41) is 5.00. The van der Waals surface area contributed by atoms with Crippen LogP contribution >= 0.6 is 11.6 Å². The number of esters is 1. The Kier molecular flexibility index (Phi) is 4.11. The van der Waals surface area contributed by atoms with Crippen molar-refractivity contribution in [2.45, 2.75) is 13.3 Å². The normalized spacial score (nSPS) is 10.8. The zero-order chi connectivity index (χ0) is 15.5. The SMILES string of the molecule is CCOC(=O)c1cc(Cc2ccc(Cl)cc2)c2cccn2n1. The molecule has 1 aromatic carbocycles. The molecule has 0 unspecified atom stereocenters. The number of carbonyl (C=O) groups is 1. The average molecular weight is 315 g/mol. The fourth-order valence-electron chi connectivity index (χ4n) is 2.37. The minimum atomic E-state index is -0.407. The molecule has 0 aliphatic carbocycles. The van der Waals surface area contributed by atoms with E-state index in [1.165, 1.54) is 0 Å². The number of nitrogens with zero attached hydrogens (tertiary/aromatic N) is 2. The number of benzene rings is 1. The Bertz CT molecular complexity index is 809. The van der Waals surface area contributed by atoms with Crippen molar-refractivity contribution in [3.63, 3.8) is 0 Å². The molecule has 3 rings (SSSR count). The van der Waals surface area contributed by atoms with E-state index in [9.17, 15) is 4.79 Å². The summed E-state index contributed by atoms with van der Waals surface area (Å²) in [5.41, 5.74) is 3.43. The number of hydrogen-bond donors (Lipinski definition) is 0. The van der Waals surface area contributed by atoms with Crippen molar-refractivity contribution in [2.24, 2.45) is 0 Å². The van der Waals surface area contributed by atoms with Gasteiger partial charge in [-0.05, 0) is 54.8 Å². The average Bonchev–Trinajstić information content (AvgIpc) is 2.98. The van der Waals surface area contributed by atoms with Crippen molar-refractivity contribution in [3.05, 3.63) is 70.5 Å². The maximum Gasteiger partial charge on any atom is 0.358 e. The minimum Gasteiger partial charge on any atom is -0.461 e. The molecule has 2 aromatic heterocycles. The van der Waals surface area contributed by atoms with Crippen LogP contribution in [0.15, 0.2) is 48.7 Å². The fraction of sp³-hybridized carbons (Fsp3) is 0.176. The van der Waals surface area contributed by atoms with Crippen LogP contribution in [0.5, 0.6) is 0 Å². The zero-order valence-corrected chi connectivity index (χ0v) is 12.9. The first-order valence-corrected chi connectivity index (χ1v) is 7.44. The van der Waals surface area contributed by atoms with Crippen molar-refractivity contribution in [3.8, 4) is 0 Å². The smallest absolute Gasteiger partial charge is 0.358 e. The second-order valence-electron chi connectivity index (χ2n) is 4.92. The fourth-order valence-corrected chi connectivity index (χ4v) is 2.49. The first kappa shape index (κ1) is 14.6. The molecular weight excluding hydrogens is 300 g/mol. The van der Waals surface area contributed by atoms with E-state index in [0.29, 0.717) is 23.7 Å². The summed E-state index contributed by atoms with van der Waals surface area (Å²) in [6.45, 7) is 2.11. The molecule has 0 saturated heterocycles. The number of carbonyl (C=O) groups excluding carboxylic acids is 1. The number of halogens is 1. The molecule has 5 heteroatoms. The van der Waals surface area contributed by atoms with E-state index in [1.807, 2.05) is 42.6 Å². The lowest BCUT2D eigenvalue weighted by Gasteiger charge is -2.08. The van der Waals surface area contributed by atoms with E-state index in [4.69, 9.17) is 16.3 Å². The predicted molar refractivity (Wildman–Crippen MR) is 85.4 cm³/mol. The van der Waals surface area contributed by atoms with Gasteiger partial charge < -0.3 is 4.74 Å². The van der Waals surface area contributed by atoms with E-state index in [2.05, 4.69) is 5.10 Å². The van der Waals surface area contributed by atoms with Crippen LogP contribution < -0.4 is 0 Å². The Morgan fingerprint density at radius 1 is 1.27 bits per heavy atom. The highest BCUT2D eigenvalue weighted by molar-refractivity contribution is 6.30. The van der Waals surface area contributed by atoms with Crippen LogP contribution in [-0.4, -0.2) is 22.2 Å². The molecule has 3 aromatic rings. The molecule has 0 saturated carbocycles. The van der Waals surface area contributed by atoms with E-state index in [1.54, 1.807) is 17.5 Å². The largest absolute Gasteiger partial charge is 0.461 e. The lowest BCUT2D eigenvalue weighted by Crippen LogP contribution is -2.11. The molecule has 0 N–H and O–H groups in total. The van der Waals surface area contributed by atoms with Gasteiger partial charge >= 0.3 is 5.97 Å². The molecule has 0 radical (unpaired) electrons. The maximum atomic E-state index is 11.9. The van der Waals surface area contributed by atoms with Gasteiger partial charge in [-0.25, -0.2) is 9.31 Å². The van der Waals surface area contributed by atoms with Gasteiger partial charge in [0.15, 0.2) is 5.69 Å². The van der Waals surface area contributed by atoms with Crippen LogP contribution in [0.2, 0.25) is 5.02 Å². The standard InChI is InChI=1S/C17H15ClN2O2/c1-2-22-17(21)15-11-13(16-4-3-9-20(16)19-15)10-12-5-7-14(18)8-6-12/h3-9,11H,2,10H2,1H3. The van der Waals surface area contributed by atoms with E-state index >= 15 is 0 Å². The molecule has 0 amide bonds. The molecule has 0 aliphatic rings. The number of hydrogen-bond acceptors (Lipinski definition) is 3. The summed E-state index contributed by atoms with van der Waals surface area (Å²) in [7, 11) is 0. The van der Waals surface area contributed by atoms with Crippen molar-refractivity contribution in [1.29, 1.82) is 0 Å². The van der Waals surface area contributed by atoms with Gasteiger partial charge in [0.25, 0.3) is 0 Å². The predicted octanol–water partition coefficient (Wildman–Crippen LogP) is 3.76. The van der Waals surface area contributed by atoms with Gasteiger partial charge in [0, 0.05) is 11.2 Å². The third-order valence-corrected chi connectivity index (χ3v) is 3.63. The van der Waals surface area contributed by atoms with Crippen LogP contribution in [-0.2, 0) is 11.2 Å². The van der Waals surface area contributed by atoms with Gasteiger partial charge in [-0.3, -0.25) is 0 Å². The topological polar surface area (TPSA) is 43.6 Å². The zero-order valence-electron chi connectivity index (χ0n) is 12.1. The molecular formula is C17H15ClN2O2. The van der Waals surface area contributed by atoms with Crippen molar-refractivity contribution in [1.82, 2.24) is 9.61 Å². The molecule has 0 atom stereocenters. The van der Waals surface area contributed by atoms with Crippen LogP contribution in [0.4, 0.5) is 0 Å². The van der Waals surface area contributed by atoms with Crippen molar-refractivity contribution in [2.75, 3.05) is 6.61 Å². The van der Waals surface area contributed by atoms with Crippen LogP contribution in [0.1, 0.15) is 28.5 Å². The second kappa shape index (κ2) is 6.20. The highest BCUT2D eigenvalue weighted by atomic mass is 35.5. The molecule has 22 heavy (non-hydrogen) atoms. The lowest BCUT2D eigenvalue weighted by molar-refractivity contribution is 0.0517. The Morgan fingerprint density at radius 2 is 2.05 bits per heavy atom. The second-order valence-corrected chi connectivity index (χ2v) is 5.35. The van der Waals surface area contributed by atoms with Gasteiger partial charge in [0.2, 0.25) is 0 Å². The van der Waals surface area contributed by atoms with Gasteiger partial charge in [-0.2, -0.15) is 5.10 Å². The first-order valence-electron chi connectivity index (χ1n) is 7.06. The summed E-state index contributed by atoms with van der Waals surface area (Å²) in [6, 6.07) is 13.4. The van der Waals surface area contributed by atoms with Crippen LogP contribution in [0, 0.1) is 0 Å². The van der Waals surface area contributed by atoms with Crippen molar-refractivity contribution < 1.29 is 9.53 Å². The van der Waals surface area contributed by atoms with Gasteiger partial charge in [0.1, 0.15) is 0 Å². The summed E-state index contributed by atoms with van der Waals surface area (Å²) in [6.07, 6.45) is 2.52. The molecule has 0 aliphatic heterocycles. The van der Waals surface area contributed by atoms with Crippen LogP contribution in [0.25, 0.3) is 5.52 Å². The quantitative estimate of drug-likeness (QED) is 0.689. The summed E-state index contributed by atoms with van der Waals surface area (Å²) in [5.74, 6) is -0.407. The number of ether oxygens (including phenoxy) is 1. The summed E-state index contributed by atoms with van der Waals surface area (Å²) in [4.78, 5) is 11.9. The van der Waals surface area contributed by atoms with Gasteiger partial charge in [-0.15, -0.1) is 0 Å². The molecule has 0 spiro atoms. The molecule has 0 bridgehead atoms. The van der Waals surface area contributed by atoms with E-state index in [0.717, 1.165) is 16.6 Å². The van der Waals surface area contributed by atoms with E-state index < -0.39 is 5.97 Å². The Balaban J connectivity index is 2.01. The monoisotopic (exact) mass is 314 g/mol. The third kappa shape index (κ3) is 2.97. The van der Waals surface area contributed by atoms with Gasteiger partial charge in [-0.1, -0.05) is 23.7 Å². The Labute approximate surface area is 133 Å². The minimum absolute atomic E-state index is 0.314. The molecule has 112 valence electrons. The number of fused-ring (bicyclic) bond motifs is 1. The Hall–Kier alpha value is -2.33. The number of rotatable bonds is 4. The number of aromatic nitrogens is 2. The Morgan fingerprint density at radius 3 is 2.77 bits per heavy atom. The summed E-state index contributed by atoms with van der Waals surface area (Å²) >= 11 is 5.92. The molecule has 2 heterocycles. The third-order valence-electron chi connectivity index (χ3n) is 3.38. The first-order chi connectivity index (χ1) is 10.7. The van der Waals surface area contributed by atoms with Crippen molar-refractivity contribution >= 4 is 23.1 Å². The lowest BCUT2D eigenvalue weighted by atomic mass is 10.0. The van der Waals surface area contributed by atoms with Crippen LogP contribution in [0.3, 0.4) is 0 Å². The maximum absolute atomic E-state index is 11.9. The highest BCUT2D eigenvalue weighted by Crippen LogP contribution is 2.19. The summed E-state index contributed by atoms with van der Waals surface area (Å²) < 4.78 is 6.75.